The summed E-state index contributed by atoms with van der Waals surface area (Å²) < 4.78 is 0. The molecule has 1 aliphatic heterocycles. The molecule has 3 aromatic carbocycles. The van der Waals surface area contributed by atoms with Crippen LogP contribution in [0.2, 0.25) is 0 Å². The van der Waals surface area contributed by atoms with Gasteiger partial charge in [-0.3, -0.25) is 9.80 Å². The second kappa shape index (κ2) is 11.0. The highest BCUT2D eigenvalue weighted by atomic mass is 16.3. The van der Waals surface area contributed by atoms with Crippen LogP contribution in [-0.4, -0.2) is 44.4 Å². The maximum absolute atomic E-state index is 12.0. The van der Waals surface area contributed by atoms with Crippen LogP contribution in [0.1, 0.15) is 69.5 Å². The summed E-state index contributed by atoms with van der Waals surface area (Å²) >= 11 is 0. The van der Waals surface area contributed by atoms with Crippen molar-refractivity contribution in [2.75, 3.05) is 0 Å². The smallest absolute Gasteiger partial charge is 0.0909 e. The quantitative estimate of drug-likeness (QED) is 0.425. The zero-order chi connectivity index (χ0) is 25.1. The van der Waals surface area contributed by atoms with E-state index in [1.165, 1.54) is 11.1 Å². The van der Waals surface area contributed by atoms with Gasteiger partial charge >= 0.3 is 0 Å². The van der Waals surface area contributed by atoms with Crippen molar-refractivity contribution in [3.8, 4) is 0 Å². The van der Waals surface area contributed by atoms with Gasteiger partial charge in [0.25, 0.3) is 0 Å². The van der Waals surface area contributed by atoms with Gasteiger partial charge in [0, 0.05) is 18.0 Å². The molecule has 1 aliphatic rings. The molecule has 1 fully saturated rings. The first kappa shape index (κ1) is 25.6. The van der Waals surface area contributed by atoms with Crippen molar-refractivity contribution in [2.45, 2.75) is 77.2 Å². The van der Waals surface area contributed by atoms with E-state index in [0.717, 1.165) is 5.56 Å². The molecular formula is C31H40N2O2. The second-order valence-electron chi connectivity index (χ2n) is 10.4. The number of hydrogen-bond acceptors (Lipinski definition) is 4. The van der Waals surface area contributed by atoms with Crippen LogP contribution in [0.3, 0.4) is 0 Å². The van der Waals surface area contributed by atoms with Crippen molar-refractivity contribution in [3.63, 3.8) is 0 Å². The lowest BCUT2D eigenvalue weighted by Gasteiger charge is -2.42. The predicted molar refractivity (Wildman–Crippen MR) is 143 cm³/mol. The zero-order valence-corrected chi connectivity index (χ0v) is 21.6. The fourth-order valence-electron chi connectivity index (χ4n) is 5.84. The van der Waals surface area contributed by atoms with Crippen molar-refractivity contribution in [1.82, 2.24) is 9.80 Å². The molecule has 1 heterocycles. The average Bonchev–Trinajstić information content (AvgIpc) is 3.26. The Kier molecular flexibility index (Phi) is 8.08. The lowest BCUT2D eigenvalue weighted by Crippen LogP contribution is -2.54. The van der Waals surface area contributed by atoms with Gasteiger partial charge in [-0.2, -0.15) is 0 Å². The normalized spacial score (nSPS) is 22.5. The Balaban J connectivity index is 1.82. The van der Waals surface area contributed by atoms with Crippen molar-refractivity contribution < 1.29 is 10.2 Å². The number of aliphatic hydroxyl groups is 2. The third-order valence-electron chi connectivity index (χ3n) is 7.51. The van der Waals surface area contributed by atoms with Gasteiger partial charge in [0.05, 0.1) is 30.5 Å². The van der Waals surface area contributed by atoms with Crippen LogP contribution >= 0.6 is 0 Å². The lowest BCUT2D eigenvalue weighted by molar-refractivity contribution is -0.0811. The van der Waals surface area contributed by atoms with Crippen LogP contribution in [0.15, 0.2) is 91.0 Å². The summed E-state index contributed by atoms with van der Waals surface area (Å²) in [5.41, 5.74) is 3.32. The van der Waals surface area contributed by atoms with Crippen molar-refractivity contribution >= 4 is 0 Å². The third kappa shape index (κ3) is 5.07. The van der Waals surface area contributed by atoms with Crippen LogP contribution in [0.5, 0.6) is 0 Å². The zero-order valence-electron chi connectivity index (χ0n) is 21.6. The summed E-state index contributed by atoms with van der Waals surface area (Å²) in [5.74, 6) is -0.351. The Morgan fingerprint density at radius 1 is 0.571 bits per heavy atom. The van der Waals surface area contributed by atoms with Crippen LogP contribution in [0.25, 0.3) is 0 Å². The van der Waals surface area contributed by atoms with E-state index in [4.69, 9.17) is 0 Å². The minimum atomic E-state index is -0.755. The second-order valence-corrected chi connectivity index (χ2v) is 10.4. The summed E-state index contributed by atoms with van der Waals surface area (Å²) in [5, 5.41) is 23.2. The molecule has 4 rings (SSSR count). The molecule has 0 saturated carbocycles. The average molecular weight is 473 g/mol. The number of nitrogens with zero attached hydrogens (tertiary/aromatic N) is 2. The molecule has 0 spiro atoms. The minimum Gasteiger partial charge on any atom is -0.390 e. The van der Waals surface area contributed by atoms with Gasteiger partial charge in [0.2, 0.25) is 0 Å². The molecule has 4 heteroatoms. The monoisotopic (exact) mass is 472 g/mol. The Bertz CT molecular complexity index is 984. The van der Waals surface area contributed by atoms with Gasteiger partial charge in [-0.05, 0) is 44.4 Å². The molecule has 3 aromatic rings. The fraction of sp³-hybridized carbons (Fsp3) is 0.419. The Morgan fingerprint density at radius 2 is 0.943 bits per heavy atom. The number of hydrogen-bond donors (Lipinski definition) is 2. The van der Waals surface area contributed by atoms with E-state index in [9.17, 15) is 10.2 Å². The molecule has 4 nitrogen and oxygen atoms in total. The molecular weight excluding hydrogens is 432 g/mol. The standard InChI is InChI=1S/C31H40N2O2/c1-21(2)32-27(24-15-9-6-10-16-24)28(25-17-11-7-12-18-25)33(22(3)4)31(32)30(35)23(5)29(34)26-19-13-8-14-20-26/h6-23,27-31,34-35H,1-5H3/t23-,27-,28-,29-,30-/m1/s1. The Morgan fingerprint density at radius 3 is 1.31 bits per heavy atom. The van der Waals surface area contributed by atoms with Gasteiger partial charge < -0.3 is 10.2 Å². The summed E-state index contributed by atoms with van der Waals surface area (Å²) in [7, 11) is 0. The summed E-state index contributed by atoms with van der Waals surface area (Å²) in [4.78, 5) is 4.93. The van der Waals surface area contributed by atoms with Crippen molar-refractivity contribution in [1.29, 1.82) is 0 Å². The molecule has 0 amide bonds. The summed E-state index contributed by atoms with van der Waals surface area (Å²) in [6.07, 6.45) is -1.76. The topological polar surface area (TPSA) is 46.9 Å². The van der Waals surface area contributed by atoms with E-state index in [2.05, 4.69) is 98.2 Å². The van der Waals surface area contributed by atoms with E-state index < -0.39 is 12.2 Å². The van der Waals surface area contributed by atoms with E-state index in [-0.39, 0.29) is 36.3 Å². The maximum Gasteiger partial charge on any atom is 0.0909 e. The van der Waals surface area contributed by atoms with Gasteiger partial charge in [-0.25, -0.2) is 0 Å². The first-order chi connectivity index (χ1) is 16.8. The van der Waals surface area contributed by atoms with Crippen LogP contribution < -0.4 is 0 Å². The molecule has 0 radical (unpaired) electrons. The summed E-state index contributed by atoms with van der Waals surface area (Å²) in [6, 6.07) is 31.5. The minimum absolute atomic E-state index is 0.0710. The first-order valence-electron chi connectivity index (χ1n) is 12.9. The molecule has 0 aromatic heterocycles. The highest BCUT2D eigenvalue weighted by Crippen LogP contribution is 2.51. The van der Waals surface area contributed by atoms with E-state index >= 15 is 0 Å². The number of benzene rings is 3. The van der Waals surface area contributed by atoms with Gasteiger partial charge in [-0.15, -0.1) is 0 Å². The first-order valence-corrected chi connectivity index (χ1v) is 12.9. The van der Waals surface area contributed by atoms with Crippen molar-refractivity contribution in [2.24, 2.45) is 5.92 Å². The molecule has 0 bridgehead atoms. The maximum atomic E-state index is 12.0. The molecule has 186 valence electrons. The van der Waals surface area contributed by atoms with Gasteiger partial charge in [0.1, 0.15) is 0 Å². The highest BCUT2D eigenvalue weighted by molar-refractivity contribution is 5.31. The summed E-state index contributed by atoms with van der Waals surface area (Å²) in [6.45, 7) is 10.8. The SMILES string of the molecule is CC(C)N1C([C@H](O)[C@H](C)[C@@H](O)c2ccccc2)N(C(C)C)[C@H](c2ccccc2)[C@H]1c1ccccc1. The molecule has 0 aliphatic carbocycles. The molecule has 35 heavy (non-hydrogen) atoms. The van der Waals surface area contributed by atoms with Crippen LogP contribution in [0, 0.1) is 5.92 Å². The highest BCUT2D eigenvalue weighted by Gasteiger charge is 2.53. The number of aliphatic hydroxyl groups excluding tert-OH is 2. The largest absolute Gasteiger partial charge is 0.390 e. The Labute approximate surface area is 210 Å². The van der Waals surface area contributed by atoms with Crippen LogP contribution in [0.4, 0.5) is 0 Å². The molecule has 2 N–H and O–H groups in total. The molecule has 0 unspecified atom stereocenters. The third-order valence-corrected chi connectivity index (χ3v) is 7.51. The van der Waals surface area contributed by atoms with E-state index in [1.807, 2.05) is 37.3 Å². The predicted octanol–water partition coefficient (Wildman–Crippen LogP) is 5.96. The fourth-order valence-corrected chi connectivity index (χ4v) is 5.84. The van der Waals surface area contributed by atoms with E-state index in [0.29, 0.717) is 0 Å². The molecule has 5 atom stereocenters. The Hall–Kier alpha value is -2.50. The van der Waals surface area contributed by atoms with Crippen LogP contribution in [-0.2, 0) is 0 Å². The van der Waals surface area contributed by atoms with Crippen molar-refractivity contribution in [3.05, 3.63) is 108 Å². The lowest BCUT2D eigenvalue weighted by atomic mass is 9.90. The number of rotatable bonds is 8. The van der Waals surface area contributed by atoms with E-state index in [1.54, 1.807) is 0 Å². The molecule has 1 saturated heterocycles. The van der Waals surface area contributed by atoms with Gasteiger partial charge in [-0.1, -0.05) is 97.9 Å². The van der Waals surface area contributed by atoms with Gasteiger partial charge in [0.15, 0.2) is 0 Å².